The molecule has 0 amide bonds. The summed E-state index contributed by atoms with van der Waals surface area (Å²) in [5.41, 5.74) is 1.18. The summed E-state index contributed by atoms with van der Waals surface area (Å²) >= 11 is 0. The van der Waals surface area contributed by atoms with Gasteiger partial charge in [0.15, 0.2) is 11.5 Å². The van der Waals surface area contributed by atoms with Gasteiger partial charge in [0.05, 0.1) is 25.1 Å². The molecule has 0 N–H and O–H groups in total. The van der Waals surface area contributed by atoms with E-state index < -0.39 is 0 Å². The molecule has 0 unspecified atom stereocenters. The molecule has 0 aliphatic rings. The summed E-state index contributed by atoms with van der Waals surface area (Å²) in [5, 5.41) is 0.485. The Bertz CT molecular complexity index is 870. The lowest BCUT2D eigenvalue weighted by Crippen LogP contribution is -2.05. The standard InChI is InChI=1S/C17H15NO4/c1-20-14-8-7-11(9-15(14)21-2)10-16-18-13-6-4-3-5-12(13)17(19)22-16/h3-9H,10H2,1-2H3. The van der Waals surface area contributed by atoms with Crippen molar-refractivity contribution in [1.29, 1.82) is 0 Å². The molecule has 2 aromatic carbocycles. The largest absolute Gasteiger partial charge is 0.493 e. The fourth-order valence-electron chi connectivity index (χ4n) is 2.30. The van der Waals surface area contributed by atoms with Crippen LogP contribution in [-0.4, -0.2) is 19.2 Å². The molecule has 0 aliphatic heterocycles. The van der Waals surface area contributed by atoms with Crippen LogP contribution in [0.3, 0.4) is 0 Å². The van der Waals surface area contributed by atoms with Gasteiger partial charge in [0.2, 0.25) is 5.89 Å². The van der Waals surface area contributed by atoms with E-state index >= 15 is 0 Å². The number of rotatable bonds is 4. The Morgan fingerprint density at radius 3 is 2.59 bits per heavy atom. The Morgan fingerprint density at radius 1 is 1.05 bits per heavy atom. The number of hydrogen-bond donors (Lipinski definition) is 0. The summed E-state index contributed by atoms with van der Waals surface area (Å²) in [4.78, 5) is 16.4. The van der Waals surface area contributed by atoms with Crippen LogP contribution in [0.4, 0.5) is 0 Å². The molecule has 0 bridgehead atoms. The van der Waals surface area contributed by atoms with E-state index in [0.717, 1.165) is 5.56 Å². The Morgan fingerprint density at radius 2 is 1.82 bits per heavy atom. The lowest BCUT2D eigenvalue weighted by molar-refractivity contribution is 0.354. The van der Waals surface area contributed by atoms with Crippen LogP contribution in [0.5, 0.6) is 11.5 Å². The third kappa shape index (κ3) is 2.65. The Kier molecular flexibility index (Phi) is 3.78. The van der Waals surface area contributed by atoms with Crippen molar-refractivity contribution in [2.75, 3.05) is 14.2 Å². The fourth-order valence-corrected chi connectivity index (χ4v) is 2.30. The highest BCUT2D eigenvalue weighted by Gasteiger charge is 2.09. The van der Waals surface area contributed by atoms with Crippen molar-refractivity contribution < 1.29 is 13.9 Å². The number of hydrogen-bond acceptors (Lipinski definition) is 5. The summed E-state index contributed by atoms with van der Waals surface area (Å²) in [6, 6.07) is 12.7. The smallest absolute Gasteiger partial charge is 0.346 e. The van der Waals surface area contributed by atoms with Crippen molar-refractivity contribution in [2.45, 2.75) is 6.42 Å². The number of para-hydroxylation sites is 1. The van der Waals surface area contributed by atoms with Crippen LogP contribution < -0.4 is 15.1 Å². The molecule has 22 heavy (non-hydrogen) atoms. The first-order valence-electron chi connectivity index (χ1n) is 6.81. The van der Waals surface area contributed by atoms with Crippen LogP contribution >= 0.6 is 0 Å². The van der Waals surface area contributed by atoms with Gasteiger partial charge >= 0.3 is 5.63 Å². The van der Waals surface area contributed by atoms with Crippen LogP contribution in [0.1, 0.15) is 11.5 Å². The van der Waals surface area contributed by atoms with Crippen LogP contribution in [0, 0.1) is 0 Å². The first-order chi connectivity index (χ1) is 10.7. The van der Waals surface area contributed by atoms with Crippen molar-refractivity contribution in [3.8, 4) is 11.5 Å². The normalized spacial score (nSPS) is 10.6. The SMILES string of the molecule is COc1ccc(Cc2nc3ccccc3c(=O)o2)cc1OC. The number of nitrogens with zero attached hydrogens (tertiary/aromatic N) is 1. The summed E-state index contributed by atoms with van der Waals surface area (Å²) in [7, 11) is 3.16. The maximum absolute atomic E-state index is 12.0. The van der Waals surface area contributed by atoms with E-state index in [-0.39, 0.29) is 5.63 Å². The number of benzene rings is 2. The Hall–Kier alpha value is -2.82. The summed E-state index contributed by atoms with van der Waals surface area (Å²) in [6.45, 7) is 0. The highest BCUT2D eigenvalue weighted by molar-refractivity contribution is 5.76. The zero-order valence-corrected chi connectivity index (χ0v) is 12.3. The van der Waals surface area contributed by atoms with Gasteiger partial charge in [-0.05, 0) is 29.8 Å². The van der Waals surface area contributed by atoms with E-state index in [2.05, 4.69) is 4.98 Å². The van der Waals surface area contributed by atoms with Gasteiger partial charge in [-0.2, -0.15) is 0 Å². The van der Waals surface area contributed by atoms with Crippen LogP contribution in [0.25, 0.3) is 10.9 Å². The fraction of sp³-hybridized carbons (Fsp3) is 0.176. The van der Waals surface area contributed by atoms with Crippen LogP contribution in [-0.2, 0) is 6.42 Å². The van der Waals surface area contributed by atoms with E-state index in [0.29, 0.717) is 34.7 Å². The van der Waals surface area contributed by atoms with Crippen molar-refractivity contribution in [3.05, 3.63) is 64.3 Å². The number of fused-ring (bicyclic) bond motifs is 1. The van der Waals surface area contributed by atoms with Crippen LogP contribution in [0.2, 0.25) is 0 Å². The van der Waals surface area contributed by atoms with Gasteiger partial charge in [-0.15, -0.1) is 0 Å². The maximum atomic E-state index is 12.0. The predicted molar refractivity (Wildman–Crippen MR) is 82.6 cm³/mol. The second-order valence-electron chi connectivity index (χ2n) is 4.78. The Labute approximate surface area is 127 Å². The van der Waals surface area contributed by atoms with Gasteiger partial charge in [-0.1, -0.05) is 18.2 Å². The highest BCUT2D eigenvalue weighted by Crippen LogP contribution is 2.28. The van der Waals surface area contributed by atoms with Gasteiger partial charge in [0.25, 0.3) is 0 Å². The summed E-state index contributed by atoms with van der Waals surface area (Å²) in [5.74, 6) is 1.65. The van der Waals surface area contributed by atoms with Gasteiger partial charge < -0.3 is 13.9 Å². The van der Waals surface area contributed by atoms with E-state index in [1.807, 2.05) is 24.3 Å². The molecule has 112 valence electrons. The van der Waals surface area contributed by atoms with E-state index in [4.69, 9.17) is 13.9 Å². The third-order valence-corrected chi connectivity index (χ3v) is 3.38. The molecule has 5 heteroatoms. The topological polar surface area (TPSA) is 61.6 Å². The van der Waals surface area contributed by atoms with Gasteiger partial charge in [0.1, 0.15) is 0 Å². The molecule has 0 saturated heterocycles. The second kappa shape index (κ2) is 5.89. The molecule has 1 aromatic heterocycles. The average molecular weight is 297 g/mol. The molecule has 5 nitrogen and oxygen atoms in total. The summed E-state index contributed by atoms with van der Waals surface area (Å²) < 4.78 is 15.8. The van der Waals surface area contributed by atoms with Crippen molar-refractivity contribution >= 4 is 10.9 Å². The molecule has 1 heterocycles. The molecular formula is C17H15NO4. The minimum Gasteiger partial charge on any atom is -0.493 e. The molecule has 0 radical (unpaired) electrons. The molecule has 0 spiro atoms. The van der Waals surface area contributed by atoms with E-state index in [1.54, 1.807) is 32.4 Å². The first-order valence-corrected chi connectivity index (χ1v) is 6.81. The minimum absolute atomic E-state index is 0.371. The predicted octanol–water partition coefficient (Wildman–Crippen LogP) is 2.80. The van der Waals surface area contributed by atoms with E-state index in [9.17, 15) is 4.79 Å². The number of aromatic nitrogens is 1. The highest BCUT2D eigenvalue weighted by atomic mass is 16.5. The van der Waals surface area contributed by atoms with Gasteiger partial charge in [0, 0.05) is 6.42 Å². The lowest BCUT2D eigenvalue weighted by Gasteiger charge is -2.09. The van der Waals surface area contributed by atoms with Crippen LogP contribution in [0.15, 0.2) is 51.7 Å². The zero-order valence-electron chi connectivity index (χ0n) is 12.3. The van der Waals surface area contributed by atoms with Gasteiger partial charge in [-0.25, -0.2) is 9.78 Å². The van der Waals surface area contributed by atoms with Crippen molar-refractivity contribution in [2.24, 2.45) is 0 Å². The minimum atomic E-state index is -0.374. The lowest BCUT2D eigenvalue weighted by atomic mass is 10.1. The monoisotopic (exact) mass is 297 g/mol. The Balaban J connectivity index is 1.98. The third-order valence-electron chi connectivity index (χ3n) is 3.38. The van der Waals surface area contributed by atoms with Crippen molar-refractivity contribution in [1.82, 2.24) is 4.98 Å². The average Bonchev–Trinajstić information content (AvgIpc) is 2.55. The first kappa shape index (κ1) is 14.1. The van der Waals surface area contributed by atoms with Crippen molar-refractivity contribution in [3.63, 3.8) is 0 Å². The molecule has 3 rings (SSSR count). The van der Waals surface area contributed by atoms with E-state index in [1.165, 1.54) is 0 Å². The maximum Gasteiger partial charge on any atom is 0.346 e. The molecule has 0 aliphatic carbocycles. The number of ether oxygens (including phenoxy) is 2. The molecule has 0 fully saturated rings. The summed E-state index contributed by atoms with van der Waals surface area (Å²) in [6.07, 6.45) is 0.403. The van der Waals surface area contributed by atoms with Gasteiger partial charge in [-0.3, -0.25) is 0 Å². The molecule has 0 atom stereocenters. The zero-order chi connectivity index (χ0) is 15.5. The second-order valence-corrected chi connectivity index (χ2v) is 4.78. The molecule has 0 saturated carbocycles. The molecule has 3 aromatic rings. The number of methoxy groups -OCH3 is 2. The quantitative estimate of drug-likeness (QED) is 0.741. The molecular weight excluding hydrogens is 282 g/mol.